The number of nitrogens with one attached hydrogen (secondary N) is 1. The Kier molecular flexibility index (Phi) is 4.30. The molecule has 0 spiro atoms. The van der Waals surface area contributed by atoms with E-state index in [9.17, 15) is 0 Å². The van der Waals surface area contributed by atoms with Crippen molar-refractivity contribution in [3.8, 4) is 0 Å². The number of nitrogens with zero attached hydrogens (tertiary/aromatic N) is 1. The molecule has 0 bridgehead atoms. The summed E-state index contributed by atoms with van der Waals surface area (Å²) in [5.41, 5.74) is 2.38. The van der Waals surface area contributed by atoms with Crippen LogP contribution in [0.4, 0.5) is 0 Å². The van der Waals surface area contributed by atoms with Crippen LogP contribution in [-0.2, 0) is 6.42 Å². The smallest absolute Gasteiger partial charge is 0.0929 e. The number of aryl methyl sites for hydroxylation is 1. The van der Waals surface area contributed by atoms with Gasteiger partial charge in [0.15, 0.2) is 0 Å². The van der Waals surface area contributed by atoms with Gasteiger partial charge < -0.3 is 4.98 Å². The zero-order valence-corrected chi connectivity index (χ0v) is 8.51. The Balaban J connectivity index is 2.60. The van der Waals surface area contributed by atoms with Gasteiger partial charge in [0, 0.05) is 5.69 Å². The summed E-state index contributed by atoms with van der Waals surface area (Å²) in [4.78, 5) is 7.45. The highest BCUT2D eigenvalue weighted by Gasteiger charge is 2.00. The number of hydrogen-bond donors (Lipinski definition) is 1. The standard InChI is InChI=1S/C11H18N2/c1-3-5-7-10-11(8-6-4-2)13-9-12-10/h5,7,9H,3-4,6,8H2,1-2H3,(H,12,13)/b7-5-. The molecule has 0 fully saturated rings. The van der Waals surface area contributed by atoms with Crippen molar-refractivity contribution < 1.29 is 0 Å². The minimum absolute atomic E-state index is 1.07. The Morgan fingerprint density at radius 2 is 2.31 bits per heavy atom. The number of hydrogen-bond acceptors (Lipinski definition) is 1. The Labute approximate surface area is 80.1 Å². The van der Waals surface area contributed by atoms with E-state index in [0.717, 1.165) is 18.5 Å². The summed E-state index contributed by atoms with van der Waals surface area (Å²) >= 11 is 0. The zero-order valence-electron chi connectivity index (χ0n) is 8.51. The second-order valence-electron chi connectivity index (χ2n) is 3.18. The molecule has 1 aromatic heterocycles. The van der Waals surface area contributed by atoms with Gasteiger partial charge in [-0.25, -0.2) is 4.98 Å². The van der Waals surface area contributed by atoms with E-state index in [-0.39, 0.29) is 0 Å². The maximum atomic E-state index is 4.26. The first kappa shape index (κ1) is 10.0. The van der Waals surface area contributed by atoms with E-state index in [1.807, 2.05) is 0 Å². The minimum atomic E-state index is 1.07. The lowest BCUT2D eigenvalue weighted by atomic mass is 10.1. The molecule has 2 nitrogen and oxygen atoms in total. The van der Waals surface area contributed by atoms with Crippen LogP contribution in [0.2, 0.25) is 0 Å². The SMILES string of the molecule is CC/C=C\c1nc[nH]c1CCCC. The van der Waals surface area contributed by atoms with E-state index >= 15 is 0 Å². The summed E-state index contributed by atoms with van der Waals surface area (Å²) in [6, 6.07) is 0. The van der Waals surface area contributed by atoms with Crippen LogP contribution in [-0.4, -0.2) is 9.97 Å². The minimum Gasteiger partial charge on any atom is -0.348 e. The van der Waals surface area contributed by atoms with Crippen molar-refractivity contribution in [1.82, 2.24) is 9.97 Å². The van der Waals surface area contributed by atoms with Crippen molar-refractivity contribution in [3.63, 3.8) is 0 Å². The molecule has 1 N–H and O–H groups in total. The van der Waals surface area contributed by atoms with Gasteiger partial charge in [0.05, 0.1) is 12.0 Å². The number of rotatable bonds is 5. The van der Waals surface area contributed by atoms with Crippen molar-refractivity contribution in [1.29, 1.82) is 0 Å². The van der Waals surface area contributed by atoms with Gasteiger partial charge in [0.2, 0.25) is 0 Å². The van der Waals surface area contributed by atoms with Gasteiger partial charge in [-0.05, 0) is 25.3 Å². The molecule has 1 heterocycles. The van der Waals surface area contributed by atoms with Crippen LogP contribution in [0.15, 0.2) is 12.4 Å². The highest BCUT2D eigenvalue weighted by molar-refractivity contribution is 5.47. The fourth-order valence-electron chi connectivity index (χ4n) is 1.26. The molecule has 0 aliphatic carbocycles. The van der Waals surface area contributed by atoms with Gasteiger partial charge in [-0.2, -0.15) is 0 Å². The van der Waals surface area contributed by atoms with Crippen LogP contribution in [0.3, 0.4) is 0 Å². The second-order valence-corrected chi connectivity index (χ2v) is 3.18. The molecule has 0 aliphatic heterocycles. The number of unbranched alkanes of at least 4 members (excludes halogenated alkanes) is 1. The first-order valence-corrected chi connectivity index (χ1v) is 5.07. The van der Waals surface area contributed by atoms with Gasteiger partial charge in [0.1, 0.15) is 0 Å². The topological polar surface area (TPSA) is 28.7 Å². The summed E-state index contributed by atoms with van der Waals surface area (Å²) < 4.78 is 0. The molecule has 0 saturated heterocycles. The molecule has 2 heteroatoms. The quantitative estimate of drug-likeness (QED) is 0.737. The van der Waals surface area contributed by atoms with Crippen LogP contribution in [0, 0.1) is 0 Å². The van der Waals surface area contributed by atoms with Crippen molar-refractivity contribution >= 4 is 6.08 Å². The molecule has 0 aliphatic rings. The zero-order chi connectivity index (χ0) is 9.52. The highest BCUT2D eigenvalue weighted by atomic mass is 14.9. The van der Waals surface area contributed by atoms with Gasteiger partial charge in [-0.15, -0.1) is 0 Å². The van der Waals surface area contributed by atoms with E-state index in [1.54, 1.807) is 6.33 Å². The van der Waals surface area contributed by atoms with E-state index in [4.69, 9.17) is 0 Å². The average molecular weight is 178 g/mol. The Bertz CT molecular complexity index is 261. The highest BCUT2D eigenvalue weighted by Crippen LogP contribution is 2.09. The maximum Gasteiger partial charge on any atom is 0.0929 e. The van der Waals surface area contributed by atoms with Crippen molar-refractivity contribution in [3.05, 3.63) is 23.8 Å². The molecule has 0 unspecified atom stereocenters. The molecule has 0 amide bonds. The predicted molar refractivity (Wildman–Crippen MR) is 56.5 cm³/mol. The molecule has 0 radical (unpaired) electrons. The fourth-order valence-corrected chi connectivity index (χ4v) is 1.26. The summed E-state index contributed by atoms with van der Waals surface area (Å²) in [5, 5.41) is 0. The van der Waals surface area contributed by atoms with Crippen LogP contribution in [0.5, 0.6) is 0 Å². The first-order valence-electron chi connectivity index (χ1n) is 5.07. The second kappa shape index (κ2) is 5.57. The van der Waals surface area contributed by atoms with E-state index < -0.39 is 0 Å². The lowest BCUT2D eigenvalue weighted by molar-refractivity contribution is 0.779. The van der Waals surface area contributed by atoms with Gasteiger partial charge in [-0.1, -0.05) is 26.3 Å². The molecule has 0 atom stereocenters. The summed E-state index contributed by atoms with van der Waals surface area (Å²) in [5.74, 6) is 0. The third-order valence-corrected chi connectivity index (χ3v) is 2.04. The van der Waals surface area contributed by atoms with Gasteiger partial charge >= 0.3 is 0 Å². The molecular weight excluding hydrogens is 160 g/mol. The molecule has 13 heavy (non-hydrogen) atoms. The number of H-pyrrole nitrogens is 1. The Morgan fingerprint density at radius 1 is 1.46 bits per heavy atom. The summed E-state index contributed by atoms with van der Waals surface area (Å²) in [6.45, 7) is 4.34. The monoisotopic (exact) mass is 178 g/mol. The normalized spacial score (nSPS) is 11.2. The summed E-state index contributed by atoms with van der Waals surface area (Å²) in [6.07, 6.45) is 10.7. The van der Waals surface area contributed by atoms with Gasteiger partial charge in [-0.3, -0.25) is 0 Å². The van der Waals surface area contributed by atoms with Crippen molar-refractivity contribution in [2.75, 3.05) is 0 Å². The average Bonchev–Trinajstić information content (AvgIpc) is 2.59. The maximum absolute atomic E-state index is 4.26. The largest absolute Gasteiger partial charge is 0.348 e. The Hall–Kier alpha value is -1.05. The molecule has 0 saturated carbocycles. The third kappa shape index (κ3) is 3.05. The van der Waals surface area contributed by atoms with Crippen LogP contribution >= 0.6 is 0 Å². The van der Waals surface area contributed by atoms with Gasteiger partial charge in [0.25, 0.3) is 0 Å². The van der Waals surface area contributed by atoms with Crippen LogP contribution in [0.25, 0.3) is 6.08 Å². The lowest BCUT2D eigenvalue weighted by Crippen LogP contribution is -1.87. The van der Waals surface area contributed by atoms with Crippen LogP contribution < -0.4 is 0 Å². The summed E-state index contributed by atoms with van der Waals surface area (Å²) in [7, 11) is 0. The molecule has 1 aromatic rings. The van der Waals surface area contributed by atoms with Crippen molar-refractivity contribution in [2.45, 2.75) is 39.5 Å². The van der Waals surface area contributed by atoms with E-state index in [0.29, 0.717) is 0 Å². The molecule has 72 valence electrons. The number of allylic oxidation sites excluding steroid dienone is 1. The van der Waals surface area contributed by atoms with E-state index in [1.165, 1.54) is 18.5 Å². The number of aromatic nitrogens is 2. The molecular formula is C11H18N2. The predicted octanol–water partition coefficient (Wildman–Crippen LogP) is 3.18. The lowest BCUT2D eigenvalue weighted by Gasteiger charge is -1.96. The third-order valence-electron chi connectivity index (χ3n) is 2.04. The Morgan fingerprint density at radius 3 is 3.00 bits per heavy atom. The fraction of sp³-hybridized carbons (Fsp3) is 0.545. The number of imidazole rings is 1. The first-order chi connectivity index (χ1) is 6.38. The molecule has 1 rings (SSSR count). The van der Waals surface area contributed by atoms with E-state index in [2.05, 4.69) is 36.0 Å². The molecule has 0 aromatic carbocycles. The number of aromatic amines is 1. The van der Waals surface area contributed by atoms with Crippen LogP contribution in [0.1, 0.15) is 44.5 Å². The van der Waals surface area contributed by atoms with Crippen molar-refractivity contribution in [2.24, 2.45) is 0 Å².